The molecule has 0 aliphatic rings. The van der Waals surface area contributed by atoms with Gasteiger partial charge in [-0.25, -0.2) is 9.98 Å². The van der Waals surface area contributed by atoms with Gasteiger partial charge < -0.3 is 0 Å². The van der Waals surface area contributed by atoms with Gasteiger partial charge >= 0.3 is 26.5 Å². The van der Waals surface area contributed by atoms with Gasteiger partial charge in [0, 0.05) is 5.41 Å². The number of carbonyl (C=O) groups excluding carboxylic acids is 1. The van der Waals surface area contributed by atoms with Crippen molar-refractivity contribution in [2.45, 2.75) is 37.2 Å². The molecule has 0 bridgehead atoms. The van der Waals surface area contributed by atoms with E-state index >= 15 is 0 Å². The van der Waals surface area contributed by atoms with E-state index in [2.05, 4.69) is 9.37 Å². The summed E-state index contributed by atoms with van der Waals surface area (Å²) in [5.41, 5.74) is -1.59. The minimum atomic E-state index is -6.54. The third-order valence-electron chi connectivity index (χ3n) is 2.15. The van der Waals surface area contributed by atoms with Crippen molar-refractivity contribution in [3.05, 3.63) is 0 Å². The Morgan fingerprint density at radius 3 is 1.87 bits per heavy atom. The molecule has 1 amide bonds. The fourth-order valence-electron chi connectivity index (χ4n) is 0.788. The third-order valence-corrected chi connectivity index (χ3v) is 4.13. The van der Waals surface area contributed by atoms with Crippen LogP contribution in [0.5, 0.6) is 0 Å². The molecule has 0 aliphatic carbocycles. The Bertz CT molecular complexity index is 546. The molecule has 0 rings (SSSR count). The molecule has 2 N–H and O–H groups in total. The van der Waals surface area contributed by atoms with Crippen LogP contribution in [0, 0.1) is 5.41 Å². The average molecular weight is 395 g/mol. The van der Waals surface area contributed by atoms with Crippen molar-refractivity contribution in [1.29, 1.82) is 0 Å². The summed E-state index contributed by atoms with van der Waals surface area (Å²) in [7, 11) is -6.54. The zero-order valence-electron chi connectivity index (χ0n) is 11.6. The van der Waals surface area contributed by atoms with Gasteiger partial charge in [0.05, 0.1) is 0 Å². The Hall–Kier alpha value is -0.770. The Balaban J connectivity index is 5.71. The summed E-state index contributed by atoms with van der Waals surface area (Å²) in [6, 6.07) is 0. The minimum Gasteiger partial charge on any atom is -0.273 e. The van der Waals surface area contributed by atoms with Gasteiger partial charge in [-0.2, -0.15) is 34.8 Å². The number of alkyl halides is 6. The number of rotatable bonds is 7. The smallest absolute Gasteiger partial charge is 0.273 e. The van der Waals surface area contributed by atoms with Gasteiger partial charge in [-0.3, -0.25) is 4.79 Å². The highest BCUT2D eigenvalue weighted by Crippen LogP contribution is 2.53. The van der Waals surface area contributed by atoms with Gasteiger partial charge in [-0.1, -0.05) is 25.8 Å². The van der Waals surface area contributed by atoms with Crippen LogP contribution in [-0.4, -0.2) is 36.0 Å². The standard InChI is InChI=1S/C8H11F6NO6S2/c1-5(2,3)4(16)15-23(18,19)8(13,14)6(9,10)7(11,12)22-21-20-17/h17H,1-3H3,(H,15,16). The van der Waals surface area contributed by atoms with Crippen molar-refractivity contribution in [1.82, 2.24) is 4.72 Å². The molecule has 0 aromatic heterocycles. The van der Waals surface area contributed by atoms with E-state index in [-0.39, 0.29) is 0 Å². The molecule has 0 heterocycles. The summed E-state index contributed by atoms with van der Waals surface area (Å²) in [6.07, 6.45) is 0. The van der Waals surface area contributed by atoms with E-state index in [9.17, 15) is 39.6 Å². The molecule has 0 aromatic rings. The molecule has 0 fully saturated rings. The first kappa shape index (κ1) is 22.2. The molecule has 23 heavy (non-hydrogen) atoms. The first-order chi connectivity index (χ1) is 9.94. The highest BCUT2D eigenvalue weighted by atomic mass is 32.2. The van der Waals surface area contributed by atoms with Crippen molar-refractivity contribution in [2.75, 3.05) is 0 Å². The SMILES string of the molecule is CC(C)(C)C(=O)NS(=O)(=O)C(F)(F)C(F)(F)C(F)(F)SOOO. The van der Waals surface area contributed by atoms with Crippen molar-refractivity contribution >= 4 is 28.0 Å². The zero-order chi connectivity index (χ0) is 18.9. The normalized spacial score (nSPS) is 14.7. The number of nitrogens with one attached hydrogen (secondary N) is 1. The maximum absolute atomic E-state index is 13.4. The van der Waals surface area contributed by atoms with E-state index in [1.807, 2.05) is 0 Å². The lowest BCUT2D eigenvalue weighted by Crippen LogP contribution is -2.60. The zero-order valence-corrected chi connectivity index (χ0v) is 13.2. The van der Waals surface area contributed by atoms with Gasteiger partial charge in [0.1, 0.15) is 12.0 Å². The lowest BCUT2D eigenvalue weighted by molar-refractivity contribution is -0.434. The first-order valence-corrected chi connectivity index (χ1v) is 7.52. The van der Waals surface area contributed by atoms with E-state index in [1.165, 1.54) is 0 Å². The first-order valence-electron chi connectivity index (χ1n) is 5.30. The number of halogens is 6. The quantitative estimate of drug-likeness (QED) is 0.295. The van der Waals surface area contributed by atoms with Gasteiger partial charge in [-0.05, 0) is 0 Å². The van der Waals surface area contributed by atoms with E-state index in [1.54, 1.807) is 0 Å². The number of hydrogen-bond acceptors (Lipinski definition) is 7. The van der Waals surface area contributed by atoms with Gasteiger partial charge in [0.15, 0.2) is 0 Å². The highest BCUT2D eigenvalue weighted by Gasteiger charge is 2.79. The molecule has 0 radical (unpaired) electrons. The molecule has 0 aliphatic heterocycles. The van der Waals surface area contributed by atoms with Gasteiger partial charge in [0.2, 0.25) is 5.91 Å². The molecular weight excluding hydrogens is 384 g/mol. The summed E-state index contributed by atoms with van der Waals surface area (Å²) in [6.45, 7) is 3.18. The second kappa shape index (κ2) is 6.62. The number of hydrogen-bond donors (Lipinski definition) is 2. The molecule has 0 saturated carbocycles. The molecule has 0 aromatic carbocycles. The number of carbonyl (C=O) groups is 1. The topological polar surface area (TPSA) is 102 Å². The molecule has 0 spiro atoms. The molecule has 0 atom stereocenters. The second-order valence-electron chi connectivity index (χ2n) is 5.02. The molecule has 7 nitrogen and oxygen atoms in total. The molecule has 15 heteroatoms. The van der Waals surface area contributed by atoms with E-state index in [4.69, 9.17) is 5.26 Å². The van der Waals surface area contributed by atoms with Crippen LogP contribution in [0.15, 0.2) is 0 Å². The highest BCUT2D eigenvalue weighted by molar-refractivity contribution is 7.95. The van der Waals surface area contributed by atoms with Gasteiger partial charge in [-0.15, -0.1) is 4.33 Å². The predicted octanol–water partition coefficient (Wildman–Crippen LogP) is 2.37. The van der Waals surface area contributed by atoms with E-state index in [0.717, 1.165) is 20.8 Å². The average Bonchev–Trinajstić information content (AvgIpc) is 2.34. The van der Waals surface area contributed by atoms with Crippen LogP contribution in [0.2, 0.25) is 0 Å². The summed E-state index contributed by atoms with van der Waals surface area (Å²) in [5.74, 6) is -8.16. The lowest BCUT2D eigenvalue weighted by Gasteiger charge is -2.31. The Kier molecular flexibility index (Phi) is 6.40. The van der Waals surface area contributed by atoms with Crippen LogP contribution in [0.3, 0.4) is 0 Å². The Morgan fingerprint density at radius 2 is 1.52 bits per heavy atom. The van der Waals surface area contributed by atoms with Gasteiger partial charge in [0.25, 0.3) is 0 Å². The van der Waals surface area contributed by atoms with Crippen molar-refractivity contribution in [3.8, 4) is 0 Å². The van der Waals surface area contributed by atoms with Crippen molar-refractivity contribution < 1.29 is 54.2 Å². The van der Waals surface area contributed by atoms with Crippen molar-refractivity contribution in [3.63, 3.8) is 0 Å². The lowest BCUT2D eigenvalue weighted by atomic mass is 9.96. The van der Waals surface area contributed by atoms with Crippen LogP contribution < -0.4 is 4.72 Å². The van der Waals surface area contributed by atoms with Crippen LogP contribution in [0.25, 0.3) is 0 Å². The van der Waals surface area contributed by atoms with Crippen LogP contribution in [-0.2, 0) is 24.2 Å². The fourth-order valence-corrected chi connectivity index (χ4v) is 2.35. The summed E-state index contributed by atoms with van der Waals surface area (Å²) in [4.78, 5) is 11.3. The largest absolute Gasteiger partial charge is 0.432 e. The fraction of sp³-hybridized carbons (Fsp3) is 0.875. The van der Waals surface area contributed by atoms with E-state index < -0.39 is 49.8 Å². The predicted molar refractivity (Wildman–Crippen MR) is 63.7 cm³/mol. The molecule has 0 unspecified atom stereocenters. The minimum absolute atomic E-state index is 0.610. The maximum Gasteiger partial charge on any atom is 0.432 e. The second-order valence-corrected chi connectivity index (χ2v) is 7.56. The summed E-state index contributed by atoms with van der Waals surface area (Å²) >= 11 is -1.76. The molecule has 0 saturated heterocycles. The van der Waals surface area contributed by atoms with Crippen LogP contribution >= 0.6 is 12.0 Å². The van der Waals surface area contributed by atoms with Crippen LogP contribution in [0.1, 0.15) is 20.8 Å². The van der Waals surface area contributed by atoms with Crippen molar-refractivity contribution in [2.24, 2.45) is 5.41 Å². The van der Waals surface area contributed by atoms with E-state index in [0.29, 0.717) is 4.72 Å². The monoisotopic (exact) mass is 395 g/mol. The maximum atomic E-state index is 13.4. The third kappa shape index (κ3) is 4.40. The molecular formula is C8H11F6NO6S2. The van der Waals surface area contributed by atoms with Crippen LogP contribution in [0.4, 0.5) is 26.3 Å². The Morgan fingerprint density at radius 1 is 1.09 bits per heavy atom. The Labute approximate surface area is 130 Å². The number of amides is 1. The summed E-state index contributed by atoms with van der Waals surface area (Å²) < 4.78 is 106. The summed E-state index contributed by atoms with van der Waals surface area (Å²) in [5, 5.41) is -2.11. The molecule has 138 valence electrons. The number of sulfonamides is 1.